The number of hydrogen-bond donors (Lipinski definition) is 1. The SMILES string of the molecule is Cc1nc(-c2cccc(Cl)c2)sc1C(=O)NC1CS(=O)(=O)CC1N1CCCC1. The van der Waals surface area contributed by atoms with Gasteiger partial charge in [-0.1, -0.05) is 23.7 Å². The van der Waals surface area contributed by atoms with Crippen molar-refractivity contribution in [1.82, 2.24) is 15.2 Å². The summed E-state index contributed by atoms with van der Waals surface area (Å²) in [7, 11) is -3.15. The number of likely N-dealkylation sites (tertiary alicyclic amines) is 1. The summed E-state index contributed by atoms with van der Waals surface area (Å²) in [6, 6.07) is 6.83. The van der Waals surface area contributed by atoms with Gasteiger partial charge in [-0.25, -0.2) is 13.4 Å². The van der Waals surface area contributed by atoms with Gasteiger partial charge in [0, 0.05) is 16.6 Å². The van der Waals surface area contributed by atoms with E-state index in [9.17, 15) is 13.2 Å². The summed E-state index contributed by atoms with van der Waals surface area (Å²) in [4.78, 5) is 20.2. The van der Waals surface area contributed by atoms with E-state index in [4.69, 9.17) is 11.6 Å². The van der Waals surface area contributed by atoms with Crippen LogP contribution in [0, 0.1) is 6.92 Å². The van der Waals surface area contributed by atoms with E-state index in [1.165, 1.54) is 11.3 Å². The number of aryl methyl sites for hydroxylation is 1. The van der Waals surface area contributed by atoms with Gasteiger partial charge in [0.15, 0.2) is 9.84 Å². The fraction of sp³-hybridized carbons (Fsp3) is 0.474. The molecule has 0 radical (unpaired) electrons. The van der Waals surface area contributed by atoms with Crippen LogP contribution in [0.1, 0.15) is 28.2 Å². The largest absolute Gasteiger partial charge is 0.346 e. The van der Waals surface area contributed by atoms with Gasteiger partial charge in [-0.2, -0.15) is 0 Å². The van der Waals surface area contributed by atoms with E-state index in [2.05, 4.69) is 15.2 Å². The first-order chi connectivity index (χ1) is 13.3. The van der Waals surface area contributed by atoms with Crippen LogP contribution in [0.25, 0.3) is 10.6 Å². The van der Waals surface area contributed by atoms with Crippen LogP contribution in [0.5, 0.6) is 0 Å². The Labute approximate surface area is 173 Å². The third-order valence-electron chi connectivity index (χ3n) is 5.32. The van der Waals surface area contributed by atoms with Crippen molar-refractivity contribution in [2.75, 3.05) is 24.6 Å². The number of aromatic nitrogens is 1. The van der Waals surface area contributed by atoms with E-state index >= 15 is 0 Å². The van der Waals surface area contributed by atoms with E-state index in [-0.39, 0.29) is 29.5 Å². The molecule has 1 aromatic carbocycles. The predicted molar refractivity (Wildman–Crippen MR) is 112 cm³/mol. The monoisotopic (exact) mass is 439 g/mol. The van der Waals surface area contributed by atoms with Crippen molar-refractivity contribution in [3.63, 3.8) is 0 Å². The van der Waals surface area contributed by atoms with Crippen LogP contribution in [0.2, 0.25) is 5.02 Å². The summed E-state index contributed by atoms with van der Waals surface area (Å²) in [5.41, 5.74) is 1.49. The molecule has 2 saturated heterocycles. The molecule has 1 aromatic heterocycles. The Bertz CT molecular complexity index is 1000. The molecule has 2 aromatic rings. The Hall–Kier alpha value is -1.48. The van der Waals surface area contributed by atoms with E-state index in [0.29, 0.717) is 15.6 Å². The van der Waals surface area contributed by atoms with Gasteiger partial charge >= 0.3 is 0 Å². The van der Waals surface area contributed by atoms with E-state index in [0.717, 1.165) is 36.5 Å². The molecule has 1 N–H and O–H groups in total. The van der Waals surface area contributed by atoms with Crippen molar-refractivity contribution in [2.45, 2.75) is 31.8 Å². The van der Waals surface area contributed by atoms with Crippen molar-refractivity contribution in [3.8, 4) is 10.6 Å². The molecular formula is C19H22ClN3O3S2. The van der Waals surface area contributed by atoms with Crippen LogP contribution in [-0.2, 0) is 9.84 Å². The van der Waals surface area contributed by atoms with Gasteiger partial charge < -0.3 is 5.32 Å². The minimum atomic E-state index is -3.15. The van der Waals surface area contributed by atoms with Gasteiger partial charge in [0.1, 0.15) is 9.88 Å². The third-order valence-corrected chi connectivity index (χ3v) is 8.48. The molecule has 2 aliphatic rings. The first-order valence-corrected chi connectivity index (χ1v) is 12.3. The minimum absolute atomic E-state index is 0.00108. The molecule has 0 aliphatic carbocycles. The number of thiazole rings is 1. The van der Waals surface area contributed by atoms with E-state index < -0.39 is 9.84 Å². The number of carbonyl (C=O) groups excluding carboxylic acids is 1. The maximum Gasteiger partial charge on any atom is 0.263 e. The molecule has 0 spiro atoms. The maximum atomic E-state index is 12.9. The smallest absolute Gasteiger partial charge is 0.263 e. The normalized spacial score (nSPS) is 24.5. The average molecular weight is 440 g/mol. The Morgan fingerprint density at radius 1 is 1.29 bits per heavy atom. The van der Waals surface area contributed by atoms with E-state index in [1.54, 1.807) is 13.0 Å². The highest BCUT2D eigenvalue weighted by atomic mass is 35.5. The molecule has 2 fully saturated rings. The van der Waals surface area contributed by atoms with Gasteiger partial charge in [0.2, 0.25) is 0 Å². The van der Waals surface area contributed by atoms with Crippen LogP contribution in [0.15, 0.2) is 24.3 Å². The fourth-order valence-electron chi connectivity index (χ4n) is 3.99. The first-order valence-electron chi connectivity index (χ1n) is 9.31. The zero-order valence-corrected chi connectivity index (χ0v) is 17.9. The third kappa shape index (κ3) is 4.10. The molecule has 150 valence electrons. The Kier molecular flexibility index (Phi) is 5.48. The zero-order chi connectivity index (χ0) is 19.9. The lowest BCUT2D eigenvalue weighted by molar-refractivity contribution is 0.0922. The van der Waals surface area contributed by atoms with Crippen LogP contribution < -0.4 is 5.32 Å². The summed E-state index contributed by atoms with van der Waals surface area (Å²) in [5, 5.41) is 4.31. The second kappa shape index (κ2) is 7.74. The molecule has 1 amide bonds. The summed E-state index contributed by atoms with van der Waals surface area (Å²) >= 11 is 7.36. The number of carbonyl (C=O) groups is 1. The van der Waals surface area contributed by atoms with Crippen LogP contribution in [0.4, 0.5) is 0 Å². The molecule has 3 heterocycles. The molecule has 28 heavy (non-hydrogen) atoms. The molecular weight excluding hydrogens is 418 g/mol. The molecule has 9 heteroatoms. The van der Waals surface area contributed by atoms with Crippen molar-refractivity contribution in [3.05, 3.63) is 39.9 Å². The first kappa shape index (κ1) is 19.8. The molecule has 6 nitrogen and oxygen atoms in total. The Morgan fingerprint density at radius 2 is 2.04 bits per heavy atom. The fourth-order valence-corrected chi connectivity index (χ4v) is 7.09. The topological polar surface area (TPSA) is 79.4 Å². The number of hydrogen-bond acceptors (Lipinski definition) is 6. The van der Waals surface area contributed by atoms with Gasteiger partial charge in [-0.05, 0) is 45.0 Å². The standard InChI is InChI=1S/C19H22ClN3O3S2/c1-12-17(27-19(21-12)13-5-4-6-14(20)9-13)18(24)22-15-10-28(25,26)11-16(15)23-7-2-3-8-23/h4-6,9,15-16H,2-3,7-8,10-11H2,1H3,(H,22,24). The minimum Gasteiger partial charge on any atom is -0.346 e. The number of rotatable bonds is 4. The highest BCUT2D eigenvalue weighted by Crippen LogP contribution is 2.30. The van der Waals surface area contributed by atoms with Gasteiger partial charge in [0.05, 0.1) is 23.2 Å². The van der Waals surface area contributed by atoms with Crippen LogP contribution >= 0.6 is 22.9 Å². The molecule has 0 bridgehead atoms. The molecule has 2 unspecified atom stereocenters. The number of sulfone groups is 1. The summed E-state index contributed by atoms with van der Waals surface area (Å²) in [5.74, 6) is -0.138. The van der Waals surface area contributed by atoms with Crippen molar-refractivity contribution in [1.29, 1.82) is 0 Å². The number of amides is 1. The van der Waals surface area contributed by atoms with Crippen molar-refractivity contribution < 1.29 is 13.2 Å². The highest BCUT2D eigenvalue weighted by molar-refractivity contribution is 7.91. The summed E-state index contributed by atoms with van der Waals surface area (Å²) in [6.07, 6.45) is 2.16. The number of halogens is 1. The summed E-state index contributed by atoms with van der Waals surface area (Å²) in [6.45, 7) is 3.58. The average Bonchev–Trinajstić information content (AvgIpc) is 3.33. The van der Waals surface area contributed by atoms with Gasteiger partial charge in [-0.3, -0.25) is 9.69 Å². The lowest BCUT2D eigenvalue weighted by atomic mass is 10.1. The molecule has 4 rings (SSSR count). The quantitative estimate of drug-likeness (QED) is 0.792. The Balaban J connectivity index is 1.54. The zero-order valence-electron chi connectivity index (χ0n) is 15.5. The number of benzene rings is 1. The molecule has 2 atom stereocenters. The molecule has 2 aliphatic heterocycles. The second-order valence-corrected chi connectivity index (χ2v) is 11.0. The van der Waals surface area contributed by atoms with Crippen molar-refractivity contribution in [2.24, 2.45) is 0 Å². The van der Waals surface area contributed by atoms with Crippen molar-refractivity contribution >= 4 is 38.7 Å². The Morgan fingerprint density at radius 3 is 2.75 bits per heavy atom. The van der Waals surface area contributed by atoms with Crippen LogP contribution in [0.3, 0.4) is 0 Å². The van der Waals surface area contributed by atoms with Crippen LogP contribution in [-0.4, -0.2) is 60.9 Å². The maximum absolute atomic E-state index is 12.9. The number of nitrogens with one attached hydrogen (secondary N) is 1. The molecule has 0 saturated carbocycles. The lowest BCUT2D eigenvalue weighted by Crippen LogP contribution is -2.50. The highest BCUT2D eigenvalue weighted by Gasteiger charge is 2.42. The number of nitrogens with zero attached hydrogens (tertiary/aromatic N) is 2. The van der Waals surface area contributed by atoms with Gasteiger partial charge in [-0.15, -0.1) is 11.3 Å². The summed E-state index contributed by atoms with van der Waals surface area (Å²) < 4.78 is 24.4. The van der Waals surface area contributed by atoms with Gasteiger partial charge in [0.25, 0.3) is 5.91 Å². The lowest BCUT2D eigenvalue weighted by Gasteiger charge is -2.28. The van der Waals surface area contributed by atoms with E-state index in [1.807, 2.05) is 18.2 Å². The predicted octanol–water partition coefficient (Wildman–Crippen LogP) is 2.76. The second-order valence-electron chi connectivity index (χ2n) is 7.41.